The summed E-state index contributed by atoms with van der Waals surface area (Å²) in [4.78, 5) is 21.2. The van der Waals surface area contributed by atoms with E-state index in [9.17, 15) is 10.1 Å². The van der Waals surface area contributed by atoms with Gasteiger partial charge in [-0.25, -0.2) is 9.97 Å². The highest BCUT2D eigenvalue weighted by Gasteiger charge is 2.32. The molecule has 0 spiro atoms. The van der Waals surface area contributed by atoms with E-state index in [1.165, 1.54) is 0 Å². The first-order valence-electron chi connectivity index (χ1n) is 6.76. The number of aryl methyl sites for hydroxylation is 1. The summed E-state index contributed by atoms with van der Waals surface area (Å²) >= 11 is 0.710. The monoisotopic (exact) mass is 307 g/mol. The standard InChI is InChI=1S/C13H17N5O2S/c1-8-4-9(2)6-17(5-8)12-11(18(19)20)13(21-7-14)16-10(3)15-12/h8-9H,4-6H2,1-3H3/t8-,9-/m1/s1. The zero-order valence-electron chi connectivity index (χ0n) is 12.2. The van der Waals surface area contributed by atoms with Crippen LogP contribution in [0.1, 0.15) is 26.1 Å². The molecular formula is C13H17N5O2S. The minimum atomic E-state index is -0.488. The van der Waals surface area contributed by atoms with Gasteiger partial charge in [0, 0.05) is 24.9 Å². The highest BCUT2D eigenvalue weighted by Crippen LogP contribution is 2.37. The molecule has 0 aliphatic carbocycles. The van der Waals surface area contributed by atoms with Crippen LogP contribution in [-0.2, 0) is 0 Å². The first kappa shape index (κ1) is 15.5. The molecule has 0 N–H and O–H groups in total. The Morgan fingerprint density at radius 1 is 1.38 bits per heavy atom. The van der Waals surface area contributed by atoms with Crippen LogP contribution in [0.15, 0.2) is 5.03 Å². The summed E-state index contributed by atoms with van der Waals surface area (Å²) in [6.45, 7) is 7.42. The van der Waals surface area contributed by atoms with Crippen molar-refractivity contribution in [1.82, 2.24) is 9.97 Å². The second-order valence-electron chi connectivity index (χ2n) is 5.55. The van der Waals surface area contributed by atoms with Gasteiger partial charge in [-0.1, -0.05) is 13.8 Å². The Kier molecular flexibility index (Phi) is 4.63. The molecule has 0 radical (unpaired) electrons. The van der Waals surface area contributed by atoms with Crippen molar-refractivity contribution >= 4 is 23.3 Å². The zero-order valence-corrected chi connectivity index (χ0v) is 13.1. The number of rotatable bonds is 3. The molecule has 0 aromatic carbocycles. The van der Waals surface area contributed by atoms with Gasteiger partial charge in [-0.15, -0.1) is 0 Å². The molecule has 2 heterocycles. The maximum Gasteiger partial charge on any atom is 0.344 e. The van der Waals surface area contributed by atoms with E-state index >= 15 is 0 Å². The predicted molar refractivity (Wildman–Crippen MR) is 80.1 cm³/mol. The molecule has 1 aromatic rings. The van der Waals surface area contributed by atoms with Gasteiger partial charge in [-0.2, -0.15) is 5.26 Å². The van der Waals surface area contributed by atoms with Gasteiger partial charge in [0.05, 0.1) is 4.92 Å². The molecule has 7 nitrogen and oxygen atoms in total. The van der Waals surface area contributed by atoms with Crippen LogP contribution in [0.25, 0.3) is 0 Å². The lowest BCUT2D eigenvalue weighted by Crippen LogP contribution is -2.39. The number of thiocyanates is 1. The van der Waals surface area contributed by atoms with E-state index in [1.54, 1.807) is 6.92 Å². The lowest BCUT2D eigenvalue weighted by atomic mass is 9.92. The molecule has 1 aromatic heterocycles. The fourth-order valence-corrected chi connectivity index (χ4v) is 3.38. The SMILES string of the molecule is Cc1nc(SC#N)c([N+](=O)[O-])c(N2C[C@H](C)C[C@@H](C)C2)n1. The molecule has 8 heteroatoms. The second-order valence-corrected chi connectivity index (χ2v) is 6.32. The van der Waals surface area contributed by atoms with Gasteiger partial charge >= 0.3 is 5.69 Å². The molecule has 0 amide bonds. The summed E-state index contributed by atoms with van der Waals surface area (Å²) in [5.41, 5.74) is -0.159. The van der Waals surface area contributed by atoms with E-state index in [4.69, 9.17) is 5.26 Å². The van der Waals surface area contributed by atoms with E-state index in [0.29, 0.717) is 35.2 Å². The first-order chi connectivity index (χ1) is 9.92. The molecule has 0 bridgehead atoms. The van der Waals surface area contributed by atoms with Crippen molar-refractivity contribution in [3.05, 3.63) is 15.9 Å². The molecule has 0 saturated carbocycles. The highest BCUT2D eigenvalue weighted by molar-refractivity contribution is 8.03. The van der Waals surface area contributed by atoms with Crippen LogP contribution in [0.5, 0.6) is 0 Å². The lowest BCUT2D eigenvalue weighted by Gasteiger charge is -2.35. The van der Waals surface area contributed by atoms with Crippen LogP contribution in [0, 0.1) is 39.5 Å². The van der Waals surface area contributed by atoms with Crippen molar-refractivity contribution in [1.29, 1.82) is 5.26 Å². The molecular weight excluding hydrogens is 290 g/mol. The molecule has 1 aliphatic heterocycles. The Balaban J connectivity index is 2.51. The molecule has 1 fully saturated rings. The minimum absolute atomic E-state index is 0.121. The van der Waals surface area contributed by atoms with Crippen LogP contribution in [0.4, 0.5) is 11.5 Å². The Morgan fingerprint density at radius 3 is 2.52 bits per heavy atom. The summed E-state index contributed by atoms with van der Waals surface area (Å²) < 4.78 is 0. The summed E-state index contributed by atoms with van der Waals surface area (Å²) in [6, 6.07) is 0. The van der Waals surface area contributed by atoms with Gasteiger partial charge in [-0.3, -0.25) is 10.1 Å². The van der Waals surface area contributed by atoms with Gasteiger partial charge < -0.3 is 4.90 Å². The Labute approximate surface area is 127 Å². The predicted octanol–water partition coefficient (Wildman–Crippen LogP) is 2.75. The number of hydrogen-bond donors (Lipinski definition) is 0. The summed E-state index contributed by atoms with van der Waals surface area (Å²) in [5, 5.41) is 22.2. The van der Waals surface area contributed by atoms with E-state index < -0.39 is 4.92 Å². The van der Waals surface area contributed by atoms with Crippen LogP contribution >= 0.6 is 11.8 Å². The van der Waals surface area contributed by atoms with Crippen molar-refractivity contribution in [2.24, 2.45) is 11.8 Å². The molecule has 1 aliphatic rings. The zero-order chi connectivity index (χ0) is 15.6. The van der Waals surface area contributed by atoms with Crippen LogP contribution in [-0.4, -0.2) is 28.0 Å². The first-order valence-corrected chi connectivity index (χ1v) is 7.58. The van der Waals surface area contributed by atoms with Crippen molar-refractivity contribution in [3.8, 4) is 5.40 Å². The van der Waals surface area contributed by atoms with Gasteiger partial charge in [0.1, 0.15) is 11.2 Å². The van der Waals surface area contributed by atoms with Gasteiger partial charge in [0.15, 0.2) is 5.03 Å². The number of hydrogen-bond acceptors (Lipinski definition) is 7. The minimum Gasteiger partial charge on any atom is -0.350 e. The molecule has 1 saturated heterocycles. The fourth-order valence-electron chi connectivity index (χ4n) is 2.86. The highest BCUT2D eigenvalue weighted by atomic mass is 32.2. The van der Waals surface area contributed by atoms with Gasteiger partial charge in [-0.05, 0) is 25.2 Å². The van der Waals surface area contributed by atoms with Crippen LogP contribution in [0.3, 0.4) is 0 Å². The molecule has 2 rings (SSSR count). The Morgan fingerprint density at radius 2 is 2.00 bits per heavy atom. The van der Waals surface area contributed by atoms with E-state index in [1.807, 2.05) is 10.3 Å². The number of nitriles is 1. The number of aromatic nitrogens is 2. The summed E-state index contributed by atoms with van der Waals surface area (Å²) in [6.07, 6.45) is 1.11. The van der Waals surface area contributed by atoms with Crippen molar-refractivity contribution in [3.63, 3.8) is 0 Å². The second kappa shape index (κ2) is 6.26. The molecule has 0 unspecified atom stereocenters. The van der Waals surface area contributed by atoms with Gasteiger partial charge in [0.2, 0.25) is 5.82 Å². The number of nitrogens with zero attached hydrogens (tertiary/aromatic N) is 5. The smallest absolute Gasteiger partial charge is 0.344 e. The molecule has 112 valence electrons. The van der Waals surface area contributed by atoms with Crippen molar-refractivity contribution < 1.29 is 4.92 Å². The normalized spacial score (nSPS) is 21.9. The Bertz CT molecular complexity index is 591. The van der Waals surface area contributed by atoms with Crippen LogP contribution in [0.2, 0.25) is 0 Å². The average Bonchev–Trinajstić information content (AvgIpc) is 2.36. The third-order valence-corrected chi connectivity index (χ3v) is 4.01. The lowest BCUT2D eigenvalue weighted by molar-refractivity contribution is -0.387. The maximum atomic E-state index is 11.4. The fraction of sp³-hybridized carbons (Fsp3) is 0.615. The van der Waals surface area contributed by atoms with E-state index in [0.717, 1.165) is 19.5 Å². The maximum absolute atomic E-state index is 11.4. The number of thioether (sulfide) groups is 1. The third kappa shape index (κ3) is 3.42. The summed E-state index contributed by atoms with van der Waals surface area (Å²) in [7, 11) is 0. The summed E-state index contributed by atoms with van der Waals surface area (Å²) in [5.74, 6) is 1.69. The molecule has 2 atom stereocenters. The average molecular weight is 307 g/mol. The topological polar surface area (TPSA) is 95.9 Å². The van der Waals surface area contributed by atoms with Crippen molar-refractivity contribution in [2.45, 2.75) is 32.2 Å². The van der Waals surface area contributed by atoms with Gasteiger partial charge in [0.25, 0.3) is 0 Å². The molecule has 21 heavy (non-hydrogen) atoms. The number of anilines is 1. The van der Waals surface area contributed by atoms with Crippen LogP contribution < -0.4 is 4.90 Å². The largest absolute Gasteiger partial charge is 0.350 e. The van der Waals surface area contributed by atoms with E-state index in [2.05, 4.69) is 23.8 Å². The number of piperidine rings is 1. The van der Waals surface area contributed by atoms with E-state index in [-0.39, 0.29) is 10.7 Å². The number of nitro groups is 1. The quantitative estimate of drug-likeness (QED) is 0.278. The third-order valence-electron chi connectivity index (χ3n) is 3.44. The Hall–Kier alpha value is -1.88. The van der Waals surface area contributed by atoms with Crippen molar-refractivity contribution in [2.75, 3.05) is 18.0 Å².